The van der Waals surface area contributed by atoms with Crippen LogP contribution >= 0.6 is 0 Å². The minimum Gasteiger partial charge on any atom is -0.331 e. The third kappa shape index (κ3) is 3.18. The van der Waals surface area contributed by atoms with Crippen LogP contribution in [-0.4, -0.2) is 32.1 Å². The first-order valence-corrected chi connectivity index (χ1v) is 8.55. The summed E-state index contributed by atoms with van der Waals surface area (Å²) in [5.74, 6) is -0.0210. The second kappa shape index (κ2) is 6.51. The van der Waals surface area contributed by atoms with Gasteiger partial charge in [0.05, 0.1) is 17.9 Å². The van der Waals surface area contributed by atoms with Gasteiger partial charge in [0.2, 0.25) is 0 Å². The number of pyridine rings is 1. The number of aryl methyl sites for hydroxylation is 2. The van der Waals surface area contributed by atoms with Gasteiger partial charge in [-0.3, -0.25) is 14.5 Å². The highest BCUT2D eigenvalue weighted by Gasteiger charge is 2.22. The van der Waals surface area contributed by atoms with Gasteiger partial charge in [0.1, 0.15) is 5.69 Å². The lowest BCUT2D eigenvalue weighted by Crippen LogP contribution is -2.31. The molecule has 0 N–H and O–H groups in total. The quantitative estimate of drug-likeness (QED) is 0.723. The molecule has 0 fully saturated rings. The molecule has 5 nitrogen and oxygen atoms in total. The van der Waals surface area contributed by atoms with Crippen LogP contribution in [0.25, 0.3) is 11.3 Å². The molecule has 0 radical (unpaired) electrons. The maximum Gasteiger partial charge on any atom is 0.272 e. The lowest BCUT2D eigenvalue weighted by molar-refractivity contribution is 0.0740. The molecule has 0 atom stereocenters. The van der Waals surface area contributed by atoms with Crippen LogP contribution in [0.2, 0.25) is 0 Å². The summed E-state index contributed by atoms with van der Waals surface area (Å²) in [4.78, 5) is 18.8. The molecule has 5 heteroatoms. The Bertz CT molecular complexity index is 901. The smallest absolute Gasteiger partial charge is 0.272 e. The molecule has 0 spiro atoms. The Morgan fingerprint density at radius 1 is 1.08 bits per heavy atom. The maximum absolute atomic E-state index is 12.7. The summed E-state index contributed by atoms with van der Waals surface area (Å²) in [6.45, 7) is 4.19. The Hall–Kier alpha value is -2.95. The van der Waals surface area contributed by atoms with Gasteiger partial charge < -0.3 is 4.90 Å². The highest BCUT2D eigenvalue weighted by Crippen LogP contribution is 2.23. The molecule has 1 amide bonds. The van der Waals surface area contributed by atoms with Gasteiger partial charge >= 0.3 is 0 Å². The van der Waals surface area contributed by atoms with E-state index in [0.717, 1.165) is 36.5 Å². The van der Waals surface area contributed by atoms with Crippen LogP contribution in [0.15, 0.2) is 54.7 Å². The van der Waals surface area contributed by atoms with E-state index in [0.29, 0.717) is 12.2 Å². The van der Waals surface area contributed by atoms with E-state index in [9.17, 15) is 4.79 Å². The molecule has 0 bridgehead atoms. The molecular formula is C20H20N4O. The van der Waals surface area contributed by atoms with E-state index in [1.165, 1.54) is 5.56 Å². The zero-order valence-electron chi connectivity index (χ0n) is 14.2. The summed E-state index contributed by atoms with van der Waals surface area (Å²) < 4.78 is 2.03. The fourth-order valence-corrected chi connectivity index (χ4v) is 3.23. The van der Waals surface area contributed by atoms with Crippen LogP contribution < -0.4 is 0 Å². The van der Waals surface area contributed by atoms with Crippen molar-refractivity contribution in [3.8, 4) is 11.3 Å². The van der Waals surface area contributed by atoms with Crippen molar-refractivity contribution >= 4 is 5.91 Å². The van der Waals surface area contributed by atoms with Crippen molar-refractivity contribution in [3.05, 3.63) is 71.7 Å². The standard InChI is InChI=1S/C20H20N4O/c1-15-6-4-7-16(12-15)19-13-17-14-23(10-5-11-24(17)22-19)20(25)18-8-2-3-9-21-18/h2-4,6-9,12-13H,5,10-11,14H2,1H3. The molecular weight excluding hydrogens is 312 g/mol. The molecule has 0 saturated carbocycles. The Kier molecular flexibility index (Phi) is 4.06. The van der Waals surface area contributed by atoms with Gasteiger partial charge in [0.25, 0.3) is 5.91 Å². The molecule has 0 aliphatic carbocycles. The van der Waals surface area contributed by atoms with Gasteiger partial charge in [0.15, 0.2) is 0 Å². The van der Waals surface area contributed by atoms with Crippen LogP contribution in [-0.2, 0) is 13.1 Å². The summed E-state index contributed by atoms with van der Waals surface area (Å²) >= 11 is 0. The Morgan fingerprint density at radius 2 is 2.00 bits per heavy atom. The van der Waals surface area contributed by atoms with E-state index in [1.807, 2.05) is 27.8 Å². The van der Waals surface area contributed by atoms with Crippen molar-refractivity contribution in [1.82, 2.24) is 19.7 Å². The van der Waals surface area contributed by atoms with Crippen LogP contribution in [0, 0.1) is 6.92 Å². The van der Waals surface area contributed by atoms with Crippen molar-refractivity contribution in [1.29, 1.82) is 0 Å². The number of aromatic nitrogens is 3. The molecule has 0 saturated heterocycles. The third-order valence-electron chi connectivity index (χ3n) is 4.50. The average Bonchev–Trinajstić information content (AvgIpc) is 2.94. The number of rotatable bonds is 2. The van der Waals surface area contributed by atoms with Gasteiger partial charge in [-0.25, -0.2) is 0 Å². The number of hydrogen-bond acceptors (Lipinski definition) is 3. The summed E-state index contributed by atoms with van der Waals surface area (Å²) in [7, 11) is 0. The van der Waals surface area contributed by atoms with Crippen molar-refractivity contribution < 1.29 is 4.79 Å². The van der Waals surface area contributed by atoms with Crippen LogP contribution in [0.4, 0.5) is 0 Å². The van der Waals surface area contributed by atoms with Crippen molar-refractivity contribution in [2.45, 2.75) is 26.4 Å². The number of benzene rings is 1. The second-order valence-corrected chi connectivity index (χ2v) is 6.41. The molecule has 1 aromatic carbocycles. The molecule has 3 aromatic rings. The van der Waals surface area contributed by atoms with Gasteiger partial charge in [0, 0.05) is 24.8 Å². The van der Waals surface area contributed by atoms with E-state index in [4.69, 9.17) is 5.10 Å². The molecule has 2 aromatic heterocycles. The summed E-state index contributed by atoms with van der Waals surface area (Å²) in [5.41, 5.74) is 4.86. The zero-order chi connectivity index (χ0) is 17.2. The van der Waals surface area contributed by atoms with E-state index in [-0.39, 0.29) is 5.91 Å². The number of carbonyl (C=O) groups is 1. The highest BCUT2D eigenvalue weighted by molar-refractivity contribution is 5.92. The molecule has 3 heterocycles. The SMILES string of the molecule is Cc1cccc(-c2cc3n(n2)CCCN(C(=O)c2ccccn2)C3)c1. The molecule has 1 aliphatic rings. The largest absolute Gasteiger partial charge is 0.331 e. The number of carbonyl (C=O) groups excluding carboxylic acids is 1. The predicted octanol–water partition coefficient (Wildman–Crippen LogP) is 3.30. The van der Waals surface area contributed by atoms with E-state index < -0.39 is 0 Å². The van der Waals surface area contributed by atoms with Crippen molar-refractivity contribution in [3.63, 3.8) is 0 Å². The first-order chi connectivity index (χ1) is 12.2. The number of fused-ring (bicyclic) bond motifs is 1. The summed E-state index contributed by atoms with van der Waals surface area (Å²) in [6, 6.07) is 15.9. The molecule has 4 rings (SSSR count). The fourth-order valence-electron chi connectivity index (χ4n) is 3.23. The third-order valence-corrected chi connectivity index (χ3v) is 4.50. The van der Waals surface area contributed by atoms with E-state index >= 15 is 0 Å². The van der Waals surface area contributed by atoms with Crippen LogP contribution in [0.5, 0.6) is 0 Å². The van der Waals surface area contributed by atoms with Crippen LogP contribution in [0.1, 0.15) is 28.2 Å². The summed E-state index contributed by atoms with van der Waals surface area (Å²) in [6.07, 6.45) is 2.55. The summed E-state index contributed by atoms with van der Waals surface area (Å²) in [5, 5.41) is 4.75. The molecule has 1 aliphatic heterocycles. The lowest BCUT2D eigenvalue weighted by Gasteiger charge is -2.19. The Balaban J connectivity index is 1.61. The fraction of sp³-hybridized carbons (Fsp3) is 0.250. The first-order valence-electron chi connectivity index (χ1n) is 8.55. The predicted molar refractivity (Wildman–Crippen MR) is 96.0 cm³/mol. The molecule has 0 unspecified atom stereocenters. The normalized spacial score (nSPS) is 14.0. The molecule has 126 valence electrons. The zero-order valence-corrected chi connectivity index (χ0v) is 14.2. The van der Waals surface area contributed by atoms with Crippen molar-refractivity contribution in [2.24, 2.45) is 0 Å². The average molecular weight is 332 g/mol. The maximum atomic E-state index is 12.7. The lowest BCUT2D eigenvalue weighted by atomic mass is 10.1. The van der Waals surface area contributed by atoms with Crippen molar-refractivity contribution in [2.75, 3.05) is 6.54 Å². The molecule has 25 heavy (non-hydrogen) atoms. The minimum absolute atomic E-state index is 0.0210. The second-order valence-electron chi connectivity index (χ2n) is 6.41. The van der Waals surface area contributed by atoms with Gasteiger partial charge in [-0.2, -0.15) is 5.10 Å². The van der Waals surface area contributed by atoms with E-state index in [1.54, 1.807) is 12.3 Å². The van der Waals surface area contributed by atoms with Crippen LogP contribution in [0.3, 0.4) is 0 Å². The monoisotopic (exact) mass is 332 g/mol. The van der Waals surface area contributed by atoms with Gasteiger partial charge in [-0.15, -0.1) is 0 Å². The van der Waals surface area contributed by atoms with E-state index in [2.05, 4.69) is 36.2 Å². The number of nitrogens with zero attached hydrogens (tertiary/aromatic N) is 4. The first kappa shape index (κ1) is 15.6. The topological polar surface area (TPSA) is 51.0 Å². The Morgan fingerprint density at radius 3 is 2.80 bits per heavy atom. The van der Waals surface area contributed by atoms with Gasteiger partial charge in [-0.05, 0) is 37.6 Å². The van der Waals surface area contributed by atoms with Gasteiger partial charge in [-0.1, -0.05) is 29.8 Å². The minimum atomic E-state index is -0.0210. The number of amides is 1. The Labute approximate surface area is 146 Å². The highest BCUT2D eigenvalue weighted by atomic mass is 16.2. The number of hydrogen-bond donors (Lipinski definition) is 0.